The summed E-state index contributed by atoms with van der Waals surface area (Å²) < 4.78 is 25.9. The molecule has 0 atom stereocenters. The molecule has 0 aliphatic carbocycles. The summed E-state index contributed by atoms with van der Waals surface area (Å²) in [5, 5.41) is 9.34. The average Bonchev–Trinajstić information content (AvgIpc) is 3.11. The molecule has 140 valence electrons. The van der Waals surface area contributed by atoms with Crippen molar-refractivity contribution in [1.29, 1.82) is 0 Å². The van der Waals surface area contributed by atoms with Crippen LogP contribution in [0.25, 0.3) is 0 Å². The lowest BCUT2D eigenvalue weighted by molar-refractivity contribution is -0.116. The number of carbonyl (C=O) groups excluding carboxylic acids is 1. The number of aromatic nitrogens is 3. The van der Waals surface area contributed by atoms with Crippen molar-refractivity contribution in [3.8, 4) is 0 Å². The second-order valence-corrected chi connectivity index (χ2v) is 8.20. The quantitative estimate of drug-likeness (QED) is 0.777. The molecular weight excluding hydrogens is 356 g/mol. The highest BCUT2D eigenvalue weighted by molar-refractivity contribution is 7.89. The van der Waals surface area contributed by atoms with Gasteiger partial charge >= 0.3 is 0 Å². The van der Waals surface area contributed by atoms with Crippen LogP contribution in [0.2, 0.25) is 0 Å². The summed E-state index contributed by atoms with van der Waals surface area (Å²) in [5.41, 5.74) is 0. The van der Waals surface area contributed by atoms with Gasteiger partial charge in [0.25, 0.3) is 0 Å². The lowest BCUT2D eigenvalue weighted by Gasteiger charge is -2.24. The van der Waals surface area contributed by atoms with E-state index in [1.54, 1.807) is 18.2 Å². The smallest absolute Gasteiger partial charge is 0.246 e. The highest BCUT2D eigenvalue weighted by Crippen LogP contribution is 2.17. The SMILES string of the molecule is CN(CC(=O)Nc1nc(N2CCCCC2)n[nH]1)S(=O)(=O)c1ccccc1. The standard InChI is InChI=1S/C16H22N6O3S/c1-21(26(24,25)13-8-4-2-5-9-13)12-14(23)17-15-18-16(20-19-15)22-10-6-3-7-11-22/h2,4-5,8-9H,3,6-7,10-12H2,1H3,(H2,17,18,19,20,23). The number of amides is 1. The minimum atomic E-state index is -3.72. The molecule has 2 N–H and O–H groups in total. The molecule has 1 aliphatic heterocycles. The molecular formula is C16H22N6O3S. The van der Waals surface area contributed by atoms with Gasteiger partial charge in [0.1, 0.15) is 0 Å². The Labute approximate surface area is 152 Å². The van der Waals surface area contributed by atoms with Gasteiger partial charge in [-0.15, -0.1) is 5.10 Å². The Morgan fingerprint density at radius 2 is 1.92 bits per heavy atom. The molecule has 1 aliphatic rings. The van der Waals surface area contributed by atoms with Crippen LogP contribution in [-0.2, 0) is 14.8 Å². The lowest BCUT2D eigenvalue weighted by atomic mass is 10.1. The van der Waals surface area contributed by atoms with Crippen LogP contribution in [0, 0.1) is 0 Å². The number of hydrogen-bond donors (Lipinski definition) is 2. The first-order chi connectivity index (χ1) is 12.5. The zero-order valence-electron chi connectivity index (χ0n) is 14.6. The summed E-state index contributed by atoms with van der Waals surface area (Å²) in [6, 6.07) is 7.99. The maximum absolute atomic E-state index is 12.4. The molecule has 3 rings (SSSR count). The number of nitrogens with one attached hydrogen (secondary N) is 2. The first-order valence-electron chi connectivity index (χ1n) is 8.45. The molecule has 0 spiro atoms. The van der Waals surface area contributed by atoms with Gasteiger partial charge in [-0.1, -0.05) is 18.2 Å². The van der Waals surface area contributed by atoms with E-state index < -0.39 is 15.9 Å². The van der Waals surface area contributed by atoms with Crippen molar-refractivity contribution < 1.29 is 13.2 Å². The van der Waals surface area contributed by atoms with Crippen molar-refractivity contribution in [3.63, 3.8) is 0 Å². The predicted molar refractivity (Wildman–Crippen MR) is 97.3 cm³/mol. The molecule has 9 nitrogen and oxygen atoms in total. The fourth-order valence-electron chi connectivity index (χ4n) is 2.78. The fraction of sp³-hybridized carbons (Fsp3) is 0.438. The van der Waals surface area contributed by atoms with Crippen molar-refractivity contribution in [1.82, 2.24) is 19.5 Å². The lowest BCUT2D eigenvalue weighted by Crippen LogP contribution is -2.35. The van der Waals surface area contributed by atoms with E-state index in [1.165, 1.54) is 25.6 Å². The van der Waals surface area contributed by atoms with E-state index in [-0.39, 0.29) is 17.4 Å². The minimum absolute atomic E-state index is 0.141. The molecule has 1 saturated heterocycles. The van der Waals surface area contributed by atoms with Gasteiger partial charge in [0.05, 0.1) is 11.4 Å². The molecule has 1 fully saturated rings. The van der Waals surface area contributed by atoms with Crippen LogP contribution in [0.4, 0.5) is 11.9 Å². The number of anilines is 2. The molecule has 0 bridgehead atoms. The number of carbonyl (C=O) groups is 1. The number of rotatable bonds is 6. The van der Waals surface area contributed by atoms with Gasteiger partial charge in [-0.2, -0.15) is 9.29 Å². The van der Waals surface area contributed by atoms with Gasteiger partial charge in [0.15, 0.2) is 0 Å². The van der Waals surface area contributed by atoms with E-state index in [2.05, 4.69) is 25.4 Å². The molecule has 0 unspecified atom stereocenters. The zero-order chi connectivity index (χ0) is 18.6. The second-order valence-electron chi connectivity index (χ2n) is 6.15. The number of hydrogen-bond acceptors (Lipinski definition) is 6. The van der Waals surface area contributed by atoms with Gasteiger partial charge in [-0.3, -0.25) is 10.1 Å². The number of nitrogens with zero attached hydrogens (tertiary/aromatic N) is 4. The number of benzene rings is 1. The molecule has 26 heavy (non-hydrogen) atoms. The number of likely N-dealkylation sites (N-methyl/N-ethyl adjacent to an activating group) is 1. The van der Waals surface area contributed by atoms with Gasteiger partial charge in [0, 0.05) is 20.1 Å². The van der Waals surface area contributed by atoms with Crippen LogP contribution in [0.15, 0.2) is 35.2 Å². The Hall–Kier alpha value is -2.46. The first-order valence-corrected chi connectivity index (χ1v) is 9.89. The second kappa shape index (κ2) is 7.83. The molecule has 2 aromatic rings. The maximum Gasteiger partial charge on any atom is 0.246 e. The van der Waals surface area contributed by atoms with Crippen LogP contribution in [0.3, 0.4) is 0 Å². The number of sulfonamides is 1. The normalized spacial score (nSPS) is 15.2. The number of aromatic amines is 1. The Bertz CT molecular complexity index is 846. The van der Waals surface area contributed by atoms with E-state index in [1.807, 2.05) is 0 Å². The summed E-state index contributed by atoms with van der Waals surface area (Å²) >= 11 is 0. The van der Waals surface area contributed by atoms with E-state index >= 15 is 0 Å². The van der Waals surface area contributed by atoms with E-state index in [9.17, 15) is 13.2 Å². The molecule has 1 aromatic heterocycles. The van der Waals surface area contributed by atoms with Crippen molar-refractivity contribution >= 4 is 27.8 Å². The first kappa shape index (κ1) is 18.3. The van der Waals surface area contributed by atoms with Gasteiger partial charge in [0.2, 0.25) is 27.8 Å². The molecule has 1 aromatic carbocycles. The van der Waals surface area contributed by atoms with Crippen LogP contribution >= 0.6 is 0 Å². The topological polar surface area (TPSA) is 111 Å². The molecule has 1 amide bonds. The highest BCUT2D eigenvalue weighted by atomic mass is 32.2. The fourth-order valence-corrected chi connectivity index (χ4v) is 3.92. The summed E-state index contributed by atoms with van der Waals surface area (Å²) in [7, 11) is -2.36. The largest absolute Gasteiger partial charge is 0.340 e. The number of piperidine rings is 1. The van der Waals surface area contributed by atoms with Gasteiger partial charge < -0.3 is 4.90 Å². The zero-order valence-corrected chi connectivity index (χ0v) is 15.4. The van der Waals surface area contributed by atoms with Crippen molar-refractivity contribution in [2.45, 2.75) is 24.2 Å². The van der Waals surface area contributed by atoms with Crippen LogP contribution in [-0.4, -0.2) is 60.5 Å². The summed E-state index contributed by atoms with van der Waals surface area (Å²) in [6.45, 7) is 1.46. The van der Waals surface area contributed by atoms with Gasteiger partial charge in [-0.25, -0.2) is 13.5 Å². The van der Waals surface area contributed by atoms with E-state index in [0.29, 0.717) is 5.95 Å². The molecule has 0 saturated carbocycles. The molecule has 10 heteroatoms. The highest BCUT2D eigenvalue weighted by Gasteiger charge is 2.23. The number of H-pyrrole nitrogens is 1. The minimum Gasteiger partial charge on any atom is -0.340 e. The van der Waals surface area contributed by atoms with Crippen molar-refractivity contribution in [2.24, 2.45) is 0 Å². The predicted octanol–water partition coefficient (Wildman–Crippen LogP) is 1.05. The van der Waals surface area contributed by atoms with E-state index in [4.69, 9.17) is 0 Å². The monoisotopic (exact) mass is 378 g/mol. The molecule has 0 radical (unpaired) electrons. The third-order valence-electron chi connectivity index (χ3n) is 4.19. The Balaban J connectivity index is 1.59. The Morgan fingerprint density at radius 3 is 2.62 bits per heavy atom. The summed E-state index contributed by atoms with van der Waals surface area (Å²) in [4.78, 5) is 18.6. The summed E-state index contributed by atoms with van der Waals surface area (Å²) in [5.74, 6) is 0.264. The van der Waals surface area contributed by atoms with Crippen molar-refractivity contribution in [2.75, 3.05) is 36.9 Å². The Kier molecular flexibility index (Phi) is 5.52. The summed E-state index contributed by atoms with van der Waals surface area (Å²) in [6.07, 6.45) is 3.39. The van der Waals surface area contributed by atoms with Crippen LogP contribution < -0.4 is 10.2 Å². The molecule has 2 heterocycles. The maximum atomic E-state index is 12.4. The average molecular weight is 378 g/mol. The van der Waals surface area contributed by atoms with E-state index in [0.717, 1.165) is 30.2 Å². The van der Waals surface area contributed by atoms with Crippen LogP contribution in [0.1, 0.15) is 19.3 Å². The third-order valence-corrected chi connectivity index (χ3v) is 6.01. The third kappa shape index (κ3) is 4.20. The van der Waals surface area contributed by atoms with Crippen LogP contribution in [0.5, 0.6) is 0 Å². The Morgan fingerprint density at radius 1 is 1.23 bits per heavy atom. The van der Waals surface area contributed by atoms with Crippen molar-refractivity contribution in [3.05, 3.63) is 30.3 Å². The van der Waals surface area contributed by atoms with Gasteiger partial charge in [-0.05, 0) is 31.4 Å².